The van der Waals surface area contributed by atoms with Crippen molar-refractivity contribution >= 4 is 5.69 Å². The molecule has 0 bridgehead atoms. The van der Waals surface area contributed by atoms with Crippen molar-refractivity contribution in [2.24, 2.45) is 0 Å². The van der Waals surface area contributed by atoms with E-state index in [4.69, 9.17) is 4.74 Å². The number of nitrogens with zero attached hydrogens (tertiary/aromatic N) is 1. The maximum atomic E-state index is 10.9. The predicted octanol–water partition coefficient (Wildman–Crippen LogP) is -0.362. The van der Waals surface area contributed by atoms with E-state index in [9.17, 15) is 5.11 Å². The molecule has 0 spiro atoms. The van der Waals surface area contributed by atoms with Crippen molar-refractivity contribution in [3.63, 3.8) is 0 Å². The quantitative estimate of drug-likeness (QED) is 0.653. The smallest absolute Gasteiger partial charge is 0.231 e. The molecule has 0 aliphatic carbocycles. The van der Waals surface area contributed by atoms with Gasteiger partial charge in [-0.05, 0) is 29.1 Å². The van der Waals surface area contributed by atoms with Crippen molar-refractivity contribution in [2.45, 2.75) is 6.29 Å². The summed E-state index contributed by atoms with van der Waals surface area (Å²) in [6, 6.07) is 7.37. The fourth-order valence-electron chi connectivity index (χ4n) is 1.27. The van der Waals surface area contributed by atoms with E-state index in [1.54, 1.807) is 12.1 Å². The van der Waals surface area contributed by atoms with Crippen LogP contribution in [0.5, 0.6) is 5.75 Å². The van der Waals surface area contributed by atoms with Crippen molar-refractivity contribution < 1.29 is 14.7 Å². The Morgan fingerprint density at radius 3 is 2.71 bits per heavy atom. The van der Waals surface area contributed by atoms with Crippen LogP contribution in [0, 0.1) is 0 Å². The summed E-state index contributed by atoms with van der Waals surface area (Å²) in [5.41, 5.74) is 3.42. The number of nitrogens with one attached hydrogen (secondary N) is 1. The third-order valence-corrected chi connectivity index (χ3v) is 2.01. The van der Waals surface area contributed by atoms with Crippen LogP contribution in [0.25, 0.3) is 0 Å². The molecule has 5 heteroatoms. The molecule has 2 rings (SSSR count). The van der Waals surface area contributed by atoms with E-state index >= 15 is 0 Å². The molecular formula is C9H11N2O3. The molecule has 0 saturated carbocycles. The van der Waals surface area contributed by atoms with Gasteiger partial charge >= 0.3 is 0 Å². The van der Waals surface area contributed by atoms with Gasteiger partial charge in [-0.3, -0.25) is 0 Å². The summed E-state index contributed by atoms with van der Waals surface area (Å²) in [4.78, 5) is 4.67. The molecule has 1 radical (unpaired) electrons. The van der Waals surface area contributed by atoms with E-state index in [0.717, 1.165) is 11.4 Å². The minimum atomic E-state index is -1.03. The van der Waals surface area contributed by atoms with Gasteiger partial charge in [-0.15, -0.1) is 0 Å². The van der Waals surface area contributed by atoms with Crippen molar-refractivity contribution in [1.29, 1.82) is 0 Å². The first-order valence-corrected chi connectivity index (χ1v) is 4.28. The highest BCUT2D eigenvalue weighted by atomic mass is 16.8. The van der Waals surface area contributed by atoms with Gasteiger partial charge in [0.2, 0.25) is 6.29 Å². The van der Waals surface area contributed by atoms with E-state index < -0.39 is 6.29 Å². The molecule has 1 atom stereocenters. The van der Waals surface area contributed by atoms with Crippen molar-refractivity contribution in [1.82, 2.24) is 5.59 Å². The average Bonchev–Trinajstić information content (AvgIpc) is 2.65. The van der Waals surface area contributed by atoms with E-state index in [-0.39, 0.29) is 0 Å². The Bertz CT molecular complexity index is 301. The van der Waals surface area contributed by atoms with Gasteiger partial charge in [0, 0.05) is 0 Å². The fraction of sp³-hybridized carbons (Fsp3) is 0.333. The number of hydrazine groups is 1. The van der Waals surface area contributed by atoms with Crippen molar-refractivity contribution in [3.8, 4) is 5.75 Å². The predicted molar refractivity (Wildman–Crippen MR) is 48.3 cm³/mol. The minimum absolute atomic E-state index is 0.298. The molecule has 1 aliphatic rings. The zero-order valence-corrected chi connectivity index (χ0v) is 7.77. The Kier molecular flexibility index (Phi) is 2.53. The van der Waals surface area contributed by atoms with Crippen LogP contribution in [0.1, 0.15) is 0 Å². The van der Waals surface area contributed by atoms with E-state index in [1.807, 2.05) is 24.3 Å². The Labute approximate surface area is 81.8 Å². The molecule has 1 unspecified atom stereocenters. The summed E-state index contributed by atoms with van der Waals surface area (Å²) < 4.78 is 5.02. The van der Waals surface area contributed by atoms with Gasteiger partial charge in [0.25, 0.3) is 0 Å². The largest absolute Gasteiger partial charge is 0.779 e. The number of benzene rings is 1. The van der Waals surface area contributed by atoms with Gasteiger partial charge in [-0.1, -0.05) is 0 Å². The third kappa shape index (κ3) is 1.79. The van der Waals surface area contributed by atoms with Gasteiger partial charge < -0.3 is 9.84 Å². The summed E-state index contributed by atoms with van der Waals surface area (Å²) in [6.07, 6.45) is -1.03. The number of ether oxygens (including phenoxy) is 1. The summed E-state index contributed by atoms with van der Waals surface area (Å²) >= 11 is 0. The zero-order chi connectivity index (χ0) is 9.97. The molecule has 0 aromatic heterocycles. The normalized spacial score (nSPS) is 21.3. The van der Waals surface area contributed by atoms with E-state index in [0.29, 0.717) is 6.54 Å². The third-order valence-electron chi connectivity index (χ3n) is 2.01. The van der Waals surface area contributed by atoms with Crippen LogP contribution >= 0.6 is 0 Å². The molecule has 1 saturated heterocycles. The molecule has 0 amide bonds. The first-order chi connectivity index (χ1) is 6.79. The lowest BCUT2D eigenvalue weighted by atomic mass is 10.3. The summed E-state index contributed by atoms with van der Waals surface area (Å²) in [7, 11) is 1.61. The number of hydrogen-bond donors (Lipinski definition) is 1. The SMILES string of the molecule is COc1ccc(N2CC([O-])[O+]N2)cc1. The second-order valence-corrected chi connectivity index (χ2v) is 2.95. The molecule has 14 heavy (non-hydrogen) atoms. The molecule has 5 nitrogen and oxygen atoms in total. The minimum Gasteiger partial charge on any atom is -0.779 e. The Morgan fingerprint density at radius 2 is 2.21 bits per heavy atom. The monoisotopic (exact) mass is 195 g/mol. The highest BCUT2D eigenvalue weighted by Crippen LogP contribution is 2.19. The summed E-state index contributed by atoms with van der Waals surface area (Å²) in [6.45, 7) is 0.298. The van der Waals surface area contributed by atoms with E-state index in [1.165, 1.54) is 0 Å². The van der Waals surface area contributed by atoms with Gasteiger partial charge in [-0.2, -0.15) is 0 Å². The van der Waals surface area contributed by atoms with Gasteiger partial charge in [-0.25, -0.2) is 5.01 Å². The first-order valence-electron chi connectivity index (χ1n) is 4.28. The van der Waals surface area contributed by atoms with Crippen LogP contribution in [-0.2, 0) is 4.84 Å². The lowest BCUT2D eigenvalue weighted by Gasteiger charge is -2.11. The van der Waals surface area contributed by atoms with Crippen LogP contribution in [0.15, 0.2) is 24.3 Å². The van der Waals surface area contributed by atoms with Crippen molar-refractivity contribution in [2.75, 3.05) is 18.7 Å². The maximum Gasteiger partial charge on any atom is 0.231 e. The highest BCUT2D eigenvalue weighted by Gasteiger charge is 2.26. The second kappa shape index (κ2) is 3.83. The van der Waals surface area contributed by atoms with Crippen molar-refractivity contribution in [3.05, 3.63) is 24.3 Å². The standard InChI is InChI=1S/C9H11N2O3/c1-13-8-4-2-7(3-5-8)11-6-9(12)14-10-11/h2-5,9-10H,6H2,1H3. The molecule has 1 fully saturated rings. The molecule has 1 aromatic rings. The molecular weight excluding hydrogens is 184 g/mol. The fourth-order valence-corrected chi connectivity index (χ4v) is 1.27. The summed E-state index contributed by atoms with van der Waals surface area (Å²) in [5.74, 6) is 0.785. The van der Waals surface area contributed by atoms with Crippen LogP contribution < -0.4 is 20.4 Å². The van der Waals surface area contributed by atoms with Crippen LogP contribution in [0.4, 0.5) is 5.69 Å². The molecule has 75 valence electrons. The Hall–Kier alpha value is -1.30. The number of anilines is 1. The first kappa shape index (κ1) is 9.26. The van der Waals surface area contributed by atoms with Gasteiger partial charge in [0.1, 0.15) is 12.3 Å². The van der Waals surface area contributed by atoms with Crippen LogP contribution in [0.2, 0.25) is 0 Å². The number of rotatable bonds is 2. The lowest BCUT2D eigenvalue weighted by molar-refractivity contribution is -0.483. The Morgan fingerprint density at radius 1 is 1.50 bits per heavy atom. The topological polar surface area (TPSA) is 58.9 Å². The number of hydrogen-bond acceptors (Lipinski definition) is 5. The average molecular weight is 195 g/mol. The molecule has 1 heterocycles. The maximum absolute atomic E-state index is 10.9. The zero-order valence-electron chi connectivity index (χ0n) is 7.77. The highest BCUT2D eigenvalue weighted by molar-refractivity contribution is 5.48. The van der Waals surface area contributed by atoms with Gasteiger partial charge in [0.15, 0.2) is 0 Å². The summed E-state index contributed by atoms with van der Waals surface area (Å²) in [5, 5.41) is 12.5. The van der Waals surface area contributed by atoms with Crippen LogP contribution in [-0.4, -0.2) is 19.9 Å². The molecule has 1 N–H and O–H groups in total. The molecule has 1 aliphatic heterocycles. The molecule has 1 aromatic carbocycles. The lowest BCUT2D eigenvalue weighted by Crippen LogP contribution is -2.31. The van der Waals surface area contributed by atoms with Gasteiger partial charge in [0.05, 0.1) is 18.4 Å². The second-order valence-electron chi connectivity index (χ2n) is 2.95. The van der Waals surface area contributed by atoms with E-state index in [2.05, 4.69) is 10.4 Å². The number of methoxy groups -OCH3 is 1. The van der Waals surface area contributed by atoms with Crippen LogP contribution in [0.3, 0.4) is 0 Å². The Balaban J connectivity index is 2.09.